The van der Waals surface area contributed by atoms with Gasteiger partial charge in [-0.15, -0.1) is 5.10 Å². The van der Waals surface area contributed by atoms with Gasteiger partial charge < -0.3 is 9.52 Å². The van der Waals surface area contributed by atoms with E-state index < -0.39 is 0 Å². The number of aromatic nitrogens is 3. The van der Waals surface area contributed by atoms with E-state index in [1.54, 1.807) is 24.5 Å². The first-order valence-electron chi connectivity index (χ1n) is 10.4. The number of rotatable bonds is 4. The van der Waals surface area contributed by atoms with Gasteiger partial charge in [-0.05, 0) is 47.4 Å². The molecule has 4 heterocycles. The van der Waals surface area contributed by atoms with E-state index in [2.05, 4.69) is 33.2 Å². The van der Waals surface area contributed by atoms with Gasteiger partial charge in [0.1, 0.15) is 5.82 Å². The molecule has 0 amide bonds. The molecule has 1 atom stereocenters. The predicted octanol–water partition coefficient (Wildman–Crippen LogP) is 5.04. The highest BCUT2D eigenvalue weighted by Gasteiger charge is 2.32. The Morgan fingerprint density at radius 2 is 1.94 bits per heavy atom. The largest absolute Gasteiger partial charge is 0.492 e. The second-order valence-corrected chi connectivity index (χ2v) is 8.85. The van der Waals surface area contributed by atoms with Gasteiger partial charge in [-0.1, -0.05) is 47.7 Å². The second-order valence-electron chi connectivity index (χ2n) is 7.84. The molecule has 0 aliphatic carbocycles. The molecule has 32 heavy (non-hydrogen) atoms. The molecule has 160 valence electrons. The zero-order valence-electron chi connectivity index (χ0n) is 17.0. The van der Waals surface area contributed by atoms with E-state index >= 15 is 0 Å². The highest BCUT2D eigenvalue weighted by molar-refractivity contribution is 7.17. The van der Waals surface area contributed by atoms with E-state index in [1.807, 2.05) is 12.1 Å². The Hall–Kier alpha value is -3.49. The van der Waals surface area contributed by atoms with Crippen molar-refractivity contribution < 1.29 is 13.9 Å². The number of hydrogen-bond acceptors (Lipinski definition) is 6. The standard InChI is InChI=1S/C24H19FN4O2S/c25-18-8-3-7-16(13-18)20(28-11-10-15-5-1-2-6-17(15)14-28)21-23(30)29-24(32-21)26-22(27-29)19-9-4-12-31-19/h1-9,12-13,20,30H,10-11,14H2/t20-/m1/s1. The molecule has 1 N–H and O–H groups in total. The summed E-state index contributed by atoms with van der Waals surface area (Å²) in [7, 11) is 0. The lowest BCUT2D eigenvalue weighted by molar-refractivity contribution is 0.205. The maximum absolute atomic E-state index is 14.2. The molecule has 1 aliphatic rings. The quantitative estimate of drug-likeness (QED) is 0.419. The van der Waals surface area contributed by atoms with Crippen LogP contribution in [-0.2, 0) is 13.0 Å². The zero-order chi connectivity index (χ0) is 21.7. The van der Waals surface area contributed by atoms with Crippen molar-refractivity contribution in [2.24, 2.45) is 0 Å². The molecule has 1 aliphatic heterocycles. The number of benzene rings is 2. The summed E-state index contributed by atoms with van der Waals surface area (Å²) >= 11 is 1.36. The molecule has 0 saturated carbocycles. The number of aromatic hydroxyl groups is 1. The van der Waals surface area contributed by atoms with Crippen molar-refractivity contribution in [3.63, 3.8) is 0 Å². The van der Waals surface area contributed by atoms with Crippen molar-refractivity contribution in [2.75, 3.05) is 6.54 Å². The summed E-state index contributed by atoms with van der Waals surface area (Å²) < 4.78 is 21.0. The molecule has 0 fully saturated rings. The fourth-order valence-electron chi connectivity index (χ4n) is 4.38. The van der Waals surface area contributed by atoms with Crippen molar-refractivity contribution in [3.8, 4) is 17.5 Å². The van der Waals surface area contributed by atoms with Gasteiger partial charge in [0, 0.05) is 13.1 Å². The molecule has 0 bridgehead atoms. The van der Waals surface area contributed by atoms with Gasteiger partial charge in [0.05, 0.1) is 17.2 Å². The van der Waals surface area contributed by atoms with Gasteiger partial charge in [-0.25, -0.2) is 4.39 Å². The van der Waals surface area contributed by atoms with E-state index in [1.165, 1.54) is 39.1 Å². The highest BCUT2D eigenvalue weighted by atomic mass is 32.1. The van der Waals surface area contributed by atoms with E-state index in [0.29, 0.717) is 28.0 Å². The third-order valence-corrected chi connectivity index (χ3v) is 6.95. The molecule has 6 rings (SSSR count). The van der Waals surface area contributed by atoms with Crippen LogP contribution in [0.5, 0.6) is 5.88 Å². The Balaban J connectivity index is 1.45. The monoisotopic (exact) mass is 446 g/mol. The van der Waals surface area contributed by atoms with E-state index in [-0.39, 0.29) is 17.7 Å². The molecule has 5 aromatic rings. The lowest BCUT2D eigenvalue weighted by Crippen LogP contribution is -2.34. The molecule has 2 aromatic carbocycles. The molecule has 0 spiro atoms. The number of hydrogen-bond donors (Lipinski definition) is 1. The number of thiazole rings is 1. The topological polar surface area (TPSA) is 66.8 Å². The smallest absolute Gasteiger partial charge is 0.230 e. The van der Waals surface area contributed by atoms with Crippen LogP contribution in [0.2, 0.25) is 0 Å². The first-order chi connectivity index (χ1) is 15.7. The van der Waals surface area contributed by atoms with Crippen LogP contribution in [0.3, 0.4) is 0 Å². The Kier molecular flexibility index (Phi) is 4.55. The van der Waals surface area contributed by atoms with Crippen LogP contribution in [0, 0.1) is 5.82 Å². The van der Waals surface area contributed by atoms with Crippen LogP contribution in [0.4, 0.5) is 4.39 Å². The third kappa shape index (κ3) is 3.19. The molecule has 0 saturated heterocycles. The van der Waals surface area contributed by atoms with E-state index in [9.17, 15) is 9.50 Å². The van der Waals surface area contributed by atoms with Gasteiger partial charge >= 0.3 is 0 Å². The SMILES string of the molecule is Oc1c([C@@H](c2cccc(F)c2)N2CCc3ccccc3C2)sc2nc(-c3ccco3)nn12. The maximum Gasteiger partial charge on any atom is 0.230 e. The minimum absolute atomic E-state index is 0.0171. The first-order valence-corrected chi connectivity index (χ1v) is 11.2. The third-order valence-electron chi connectivity index (χ3n) is 5.88. The van der Waals surface area contributed by atoms with Crippen LogP contribution in [0.1, 0.15) is 27.6 Å². The Bertz CT molecular complexity index is 1410. The molecule has 3 aromatic heterocycles. The number of halogens is 1. The van der Waals surface area contributed by atoms with Gasteiger partial charge in [0.2, 0.25) is 16.7 Å². The number of nitrogens with zero attached hydrogens (tertiary/aromatic N) is 4. The average molecular weight is 447 g/mol. The van der Waals surface area contributed by atoms with Crippen LogP contribution in [0.15, 0.2) is 71.3 Å². The summed E-state index contributed by atoms with van der Waals surface area (Å²) in [5.41, 5.74) is 3.37. The lowest BCUT2D eigenvalue weighted by Gasteiger charge is -2.35. The molecule has 0 unspecified atom stereocenters. The average Bonchev–Trinajstić information content (AvgIpc) is 3.53. The lowest BCUT2D eigenvalue weighted by atomic mass is 9.95. The fourth-order valence-corrected chi connectivity index (χ4v) is 5.50. The van der Waals surface area contributed by atoms with Gasteiger partial charge in [0.25, 0.3) is 0 Å². The Labute approximate surface area is 187 Å². The van der Waals surface area contributed by atoms with E-state index in [4.69, 9.17) is 4.42 Å². The number of furan rings is 1. The molecular formula is C24H19FN4O2S. The summed E-state index contributed by atoms with van der Waals surface area (Å²) in [6.45, 7) is 1.50. The Morgan fingerprint density at radius 3 is 2.72 bits per heavy atom. The summed E-state index contributed by atoms with van der Waals surface area (Å²) in [4.78, 5) is 8.06. The van der Waals surface area contributed by atoms with Crippen LogP contribution in [0.25, 0.3) is 16.5 Å². The zero-order valence-corrected chi connectivity index (χ0v) is 17.8. The van der Waals surface area contributed by atoms with Crippen molar-refractivity contribution >= 4 is 16.3 Å². The van der Waals surface area contributed by atoms with Crippen molar-refractivity contribution in [3.05, 3.63) is 94.3 Å². The normalized spacial score (nSPS) is 15.2. The second kappa shape index (κ2) is 7.58. The minimum Gasteiger partial charge on any atom is -0.492 e. The van der Waals surface area contributed by atoms with Crippen molar-refractivity contribution in [1.82, 2.24) is 19.5 Å². The Morgan fingerprint density at radius 1 is 1.06 bits per heavy atom. The maximum atomic E-state index is 14.2. The summed E-state index contributed by atoms with van der Waals surface area (Å²) in [5.74, 6) is 0.667. The van der Waals surface area contributed by atoms with Gasteiger partial charge in [-0.2, -0.15) is 9.50 Å². The van der Waals surface area contributed by atoms with Crippen molar-refractivity contribution in [2.45, 2.75) is 19.0 Å². The van der Waals surface area contributed by atoms with Crippen LogP contribution < -0.4 is 0 Å². The van der Waals surface area contributed by atoms with E-state index in [0.717, 1.165) is 18.5 Å². The molecule has 6 nitrogen and oxygen atoms in total. The minimum atomic E-state index is -0.320. The summed E-state index contributed by atoms with van der Waals surface area (Å²) in [6.07, 6.45) is 2.45. The van der Waals surface area contributed by atoms with Crippen LogP contribution in [-0.4, -0.2) is 31.1 Å². The first kappa shape index (κ1) is 19.2. The highest BCUT2D eigenvalue weighted by Crippen LogP contribution is 2.42. The van der Waals surface area contributed by atoms with Gasteiger partial charge in [-0.3, -0.25) is 4.90 Å². The number of fused-ring (bicyclic) bond motifs is 2. The van der Waals surface area contributed by atoms with Gasteiger partial charge in [0.15, 0.2) is 5.76 Å². The van der Waals surface area contributed by atoms with Crippen molar-refractivity contribution in [1.29, 1.82) is 0 Å². The predicted molar refractivity (Wildman–Crippen MR) is 119 cm³/mol. The molecule has 8 heteroatoms. The fraction of sp³-hybridized carbons (Fsp3) is 0.167. The molecular weight excluding hydrogens is 427 g/mol. The summed E-state index contributed by atoms with van der Waals surface area (Å²) in [5, 5.41) is 15.6. The van der Waals surface area contributed by atoms with Crippen LogP contribution >= 0.6 is 11.3 Å². The molecule has 0 radical (unpaired) electrons. The summed E-state index contributed by atoms with van der Waals surface area (Å²) in [6, 6.07) is 18.2.